The predicted molar refractivity (Wildman–Crippen MR) is 84.7 cm³/mol. The molecule has 1 aromatic carbocycles. The number of nitrogens with one attached hydrogen (secondary N) is 1. The molecule has 1 unspecified atom stereocenters. The lowest BCUT2D eigenvalue weighted by molar-refractivity contribution is 0.131. The number of hydrogen-bond acceptors (Lipinski definition) is 2. The summed E-state index contributed by atoms with van der Waals surface area (Å²) in [5, 5.41) is 3.84. The van der Waals surface area contributed by atoms with Gasteiger partial charge in [-0.05, 0) is 50.4 Å². The maximum absolute atomic E-state index is 13.4. The zero-order valence-electron chi connectivity index (χ0n) is 13.1. The minimum Gasteiger partial charge on any atom is -0.310 e. The van der Waals surface area contributed by atoms with E-state index in [1.807, 2.05) is 12.1 Å². The van der Waals surface area contributed by atoms with Crippen molar-refractivity contribution in [2.24, 2.45) is 0 Å². The van der Waals surface area contributed by atoms with Crippen LogP contribution < -0.4 is 5.32 Å². The molecule has 0 bridgehead atoms. The van der Waals surface area contributed by atoms with Crippen molar-refractivity contribution < 1.29 is 4.39 Å². The van der Waals surface area contributed by atoms with Crippen LogP contribution in [-0.2, 0) is 6.54 Å². The molecule has 21 heavy (non-hydrogen) atoms. The van der Waals surface area contributed by atoms with Gasteiger partial charge in [0.25, 0.3) is 0 Å². The van der Waals surface area contributed by atoms with Gasteiger partial charge >= 0.3 is 0 Å². The quantitative estimate of drug-likeness (QED) is 0.893. The Morgan fingerprint density at radius 1 is 1.29 bits per heavy atom. The van der Waals surface area contributed by atoms with Crippen molar-refractivity contribution in [3.05, 3.63) is 35.6 Å². The van der Waals surface area contributed by atoms with Crippen LogP contribution in [0, 0.1) is 5.82 Å². The van der Waals surface area contributed by atoms with Crippen LogP contribution in [0.1, 0.15) is 51.0 Å². The van der Waals surface area contributed by atoms with Gasteiger partial charge in [0, 0.05) is 24.7 Å². The highest BCUT2D eigenvalue weighted by molar-refractivity contribution is 5.16. The van der Waals surface area contributed by atoms with E-state index in [2.05, 4.69) is 17.1 Å². The van der Waals surface area contributed by atoms with Crippen molar-refractivity contribution >= 4 is 0 Å². The van der Waals surface area contributed by atoms with Crippen LogP contribution in [0.5, 0.6) is 0 Å². The van der Waals surface area contributed by atoms with Gasteiger partial charge in [0.15, 0.2) is 0 Å². The van der Waals surface area contributed by atoms with Crippen LogP contribution in [0.2, 0.25) is 0 Å². The number of halogens is 1. The Kier molecular flexibility index (Phi) is 4.60. The topological polar surface area (TPSA) is 15.3 Å². The molecule has 1 aliphatic carbocycles. The maximum atomic E-state index is 13.4. The first-order valence-electron chi connectivity index (χ1n) is 8.40. The van der Waals surface area contributed by atoms with E-state index in [-0.39, 0.29) is 5.82 Å². The van der Waals surface area contributed by atoms with Gasteiger partial charge in [0.2, 0.25) is 0 Å². The van der Waals surface area contributed by atoms with Crippen LogP contribution >= 0.6 is 0 Å². The molecule has 2 fully saturated rings. The Hall–Kier alpha value is -0.930. The molecule has 1 aromatic rings. The molecule has 0 radical (unpaired) electrons. The number of benzene rings is 1. The van der Waals surface area contributed by atoms with Crippen molar-refractivity contribution in [2.45, 2.75) is 63.6 Å². The van der Waals surface area contributed by atoms with Gasteiger partial charge in [-0.15, -0.1) is 0 Å². The van der Waals surface area contributed by atoms with Crippen LogP contribution in [0.3, 0.4) is 0 Å². The Labute approximate surface area is 127 Å². The van der Waals surface area contributed by atoms with E-state index in [1.165, 1.54) is 44.6 Å². The van der Waals surface area contributed by atoms with Gasteiger partial charge in [-0.3, -0.25) is 4.90 Å². The third kappa shape index (κ3) is 3.64. The number of nitrogens with zero attached hydrogens (tertiary/aromatic N) is 1. The first-order chi connectivity index (χ1) is 10.2. The second kappa shape index (κ2) is 6.45. The summed E-state index contributed by atoms with van der Waals surface area (Å²) in [6.07, 6.45) is 7.82. The third-order valence-electron chi connectivity index (χ3n) is 5.28. The Morgan fingerprint density at radius 2 is 2.10 bits per heavy atom. The summed E-state index contributed by atoms with van der Waals surface area (Å²) in [5.41, 5.74) is 1.39. The summed E-state index contributed by atoms with van der Waals surface area (Å²) in [6.45, 7) is 5.39. The first-order valence-corrected chi connectivity index (χ1v) is 8.40. The van der Waals surface area contributed by atoms with Gasteiger partial charge < -0.3 is 5.32 Å². The fourth-order valence-corrected chi connectivity index (χ4v) is 3.97. The van der Waals surface area contributed by atoms with E-state index in [0.29, 0.717) is 11.6 Å². The fraction of sp³-hybridized carbons (Fsp3) is 0.667. The van der Waals surface area contributed by atoms with Gasteiger partial charge in [0.1, 0.15) is 5.82 Å². The highest BCUT2D eigenvalue weighted by Crippen LogP contribution is 2.32. The van der Waals surface area contributed by atoms with Crippen LogP contribution in [0.15, 0.2) is 24.3 Å². The molecular weight excluding hydrogens is 263 g/mol. The third-order valence-corrected chi connectivity index (χ3v) is 5.28. The van der Waals surface area contributed by atoms with Gasteiger partial charge in [-0.1, -0.05) is 31.4 Å². The minimum atomic E-state index is -0.125. The normalized spacial score (nSPS) is 26.7. The average molecular weight is 290 g/mol. The average Bonchev–Trinajstić information content (AvgIpc) is 2.60. The molecule has 1 heterocycles. The maximum Gasteiger partial charge on any atom is 0.123 e. The zero-order valence-corrected chi connectivity index (χ0v) is 13.1. The number of hydrogen-bond donors (Lipinski definition) is 1. The molecule has 116 valence electrons. The van der Waals surface area contributed by atoms with Crippen molar-refractivity contribution in [1.82, 2.24) is 10.2 Å². The molecule has 0 amide bonds. The molecule has 3 rings (SSSR count). The van der Waals surface area contributed by atoms with Gasteiger partial charge in [-0.25, -0.2) is 4.39 Å². The summed E-state index contributed by atoms with van der Waals surface area (Å²) in [7, 11) is 0. The standard InChI is InChI=1S/C18H27FN2/c1-15-8-11-20-18(9-3-2-4-10-18)14-21(15)13-16-6-5-7-17(19)12-16/h5-7,12,15,20H,2-4,8-11,13-14H2,1H3. The molecule has 1 aliphatic heterocycles. The van der Waals surface area contributed by atoms with E-state index in [4.69, 9.17) is 0 Å². The molecule has 3 heteroatoms. The van der Waals surface area contributed by atoms with Crippen LogP contribution in [0.25, 0.3) is 0 Å². The van der Waals surface area contributed by atoms with Crippen molar-refractivity contribution in [2.75, 3.05) is 13.1 Å². The largest absolute Gasteiger partial charge is 0.310 e. The summed E-state index contributed by atoms with van der Waals surface area (Å²) in [5.74, 6) is -0.125. The fourth-order valence-electron chi connectivity index (χ4n) is 3.97. The molecule has 1 atom stereocenters. The minimum absolute atomic E-state index is 0.125. The molecular formula is C18H27FN2. The molecule has 0 aromatic heterocycles. The summed E-state index contributed by atoms with van der Waals surface area (Å²) < 4.78 is 13.4. The van der Waals surface area contributed by atoms with E-state index in [0.717, 1.165) is 25.2 Å². The van der Waals surface area contributed by atoms with E-state index in [1.54, 1.807) is 6.07 Å². The second-order valence-electron chi connectivity index (χ2n) is 6.94. The van der Waals surface area contributed by atoms with Crippen molar-refractivity contribution in [1.29, 1.82) is 0 Å². The Bertz CT molecular complexity index is 468. The summed E-state index contributed by atoms with van der Waals surface area (Å²) >= 11 is 0. The summed E-state index contributed by atoms with van der Waals surface area (Å²) in [6, 6.07) is 7.63. The van der Waals surface area contributed by atoms with Crippen molar-refractivity contribution in [3.63, 3.8) is 0 Å². The number of rotatable bonds is 2. The highest BCUT2D eigenvalue weighted by atomic mass is 19.1. The van der Waals surface area contributed by atoms with Crippen molar-refractivity contribution in [3.8, 4) is 0 Å². The highest BCUT2D eigenvalue weighted by Gasteiger charge is 2.36. The lowest BCUT2D eigenvalue weighted by Crippen LogP contribution is -2.53. The second-order valence-corrected chi connectivity index (χ2v) is 6.94. The molecule has 1 N–H and O–H groups in total. The Morgan fingerprint density at radius 3 is 2.86 bits per heavy atom. The van der Waals surface area contributed by atoms with E-state index in [9.17, 15) is 4.39 Å². The molecule has 1 saturated carbocycles. The lowest BCUT2D eigenvalue weighted by atomic mass is 9.81. The smallest absolute Gasteiger partial charge is 0.123 e. The monoisotopic (exact) mass is 290 g/mol. The first kappa shape index (κ1) is 15.0. The molecule has 2 nitrogen and oxygen atoms in total. The van der Waals surface area contributed by atoms with Crippen LogP contribution in [0.4, 0.5) is 4.39 Å². The van der Waals surface area contributed by atoms with Gasteiger partial charge in [-0.2, -0.15) is 0 Å². The van der Waals surface area contributed by atoms with Crippen LogP contribution in [-0.4, -0.2) is 29.6 Å². The molecule has 1 spiro atoms. The predicted octanol–water partition coefficient (Wildman–Crippen LogP) is 3.71. The molecule has 2 aliphatic rings. The lowest BCUT2D eigenvalue weighted by Gasteiger charge is -2.41. The SMILES string of the molecule is CC1CCNC2(CCCCC2)CN1Cc1cccc(F)c1. The molecule has 1 saturated heterocycles. The summed E-state index contributed by atoms with van der Waals surface area (Å²) in [4.78, 5) is 2.56. The van der Waals surface area contributed by atoms with Gasteiger partial charge in [0.05, 0.1) is 0 Å². The zero-order chi connectivity index (χ0) is 14.7. The van der Waals surface area contributed by atoms with E-state index >= 15 is 0 Å². The van der Waals surface area contributed by atoms with E-state index < -0.39 is 0 Å². The Balaban J connectivity index is 1.74.